The quantitative estimate of drug-likeness (QED) is 0.811. The Labute approximate surface area is 133 Å². The molecule has 0 radical (unpaired) electrons. The lowest BCUT2D eigenvalue weighted by atomic mass is 9.77. The van der Waals surface area contributed by atoms with Gasteiger partial charge in [0, 0.05) is 12.3 Å². The van der Waals surface area contributed by atoms with Crippen LogP contribution in [0.2, 0.25) is 0 Å². The number of aliphatic hydroxyl groups excluding tert-OH is 1. The Kier molecular flexibility index (Phi) is 5.51. The van der Waals surface area contributed by atoms with Gasteiger partial charge in [0.2, 0.25) is 0 Å². The average Bonchev–Trinajstić information content (AvgIpc) is 2.51. The van der Waals surface area contributed by atoms with Crippen LogP contribution in [0.5, 0.6) is 0 Å². The molecule has 0 aliphatic carbocycles. The second-order valence-electron chi connectivity index (χ2n) is 6.99. The van der Waals surface area contributed by atoms with Crippen molar-refractivity contribution < 1.29 is 24.1 Å². The van der Waals surface area contributed by atoms with Gasteiger partial charge in [-0.25, -0.2) is 0 Å². The molecule has 0 aromatic rings. The fourth-order valence-electron chi connectivity index (χ4n) is 3.98. The number of ether oxygens (including phenoxy) is 3. The summed E-state index contributed by atoms with van der Waals surface area (Å²) in [6, 6.07) is 0. The highest BCUT2D eigenvalue weighted by Crippen LogP contribution is 2.46. The van der Waals surface area contributed by atoms with Crippen molar-refractivity contribution in [3.05, 3.63) is 0 Å². The molecular formula is C17H30O5. The van der Waals surface area contributed by atoms with E-state index in [9.17, 15) is 9.90 Å². The molecule has 22 heavy (non-hydrogen) atoms. The number of hydrogen-bond acceptors (Lipinski definition) is 5. The first-order chi connectivity index (χ1) is 10.3. The van der Waals surface area contributed by atoms with E-state index in [-0.39, 0.29) is 35.9 Å². The molecule has 5 nitrogen and oxygen atoms in total. The zero-order valence-electron chi connectivity index (χ0n) is 14.4. The Morgan fingerprint density at radius 2 is 2.09 bits per heavy atom. The molecule has 2 rings (SSSR count). The summed E-state index contributed by atoms with van der Waals surface area (Å²) < 4.78 is 17.5. The maximum Gasteiger partial charge on any atom is 0.311 e. The van der Waals surface area contributed by atoms with E-state index in [4.69, 9.17) is 14.2 Å². The largest absolute Gasteiger partial charge is 0.469 e. The van der Waals surface area contributed by atoms with Crippen LogP contribution < -0.4 is 0 Å². The van der Waals surface area contributed by atoms with E-state index in [1.165, 1.54) is 7.11 Å². The van der Waals surface area contributed by atoms with Crippen LogP contribution in [0, 0.1) is 17.8 Å². The Morgan fingerprint density at radius 3 is 2.68 bits per heavy atom. The molecule has 7 atom stereocenters. The van der Waals surface area contributed by atoms with Crippen molar-refractivity contribution in [3.63, 3.8) is 0 Å². The predicted molar refractivity (Wildman–Crippen MR) is 82.1 cm³/mol. The van der Waals surface area contributed by atoms with E-state index in [1.54, 1.807) is 0 Å². The number of carbonyl (C=O) groups is 1. The average molecular weight is 314 g/mol. The van der Waals surface area contributed by atoms with Gasteiger partial charge in [-0.15, -0.1) is 0 Å². The van der Waals surface area contributed by atoms with Gasteiger partial charge in [0.1, 0.15) is 0 Å². The van der Waals surface area contributed by atoms with Gasteiger partial charge in [0.25, 0.3) is 0 Å². The van der Waals surface area contributed by atoms with Crippen molar-refractivity contribution in [2.24, 2.45) is 17.8 Å². The van der Waals surface area contributed by atoms with Crippen LogP contribution in [0.25, 0.3) is 0 Å². The van der Waals surface area contributed by atoms with E-state index in [2.05, 4.69) is 13.8 Å². The Balaban J connectivity index is 2.19. The van der Waals surface area contributed by atoms with Gasteiger partial charge in [-0.1, -0.05) is 20.8 Å². The molecule has 0 amide bonds. The molecule has 5 heteroatoms. The molecule has 0 aromatic heterocycles. The van der Waals surface area contributed by atoms with E-state index in [1.807, 2.05) is 13.8 Å². The Hall–Kier alpha value is -0.650. The van der Waals surface area contributed by atoms with Crippen LogP contribution in [0.4, 0.5) is 0 Å². The molecule has 0 aromatic carbocycles. The molecule has 0 saturated carbocycles. The molecule has 0 bridgehead atoms. The van der Waals surface area contributed by atoms with Gasteiger partial charge >= 0.3 is 5.97 Å². The summed E-state index contributed by atoms with van der Waals surface area (Å²) >= 11 is 0. The molecule has 2 aliphatic rings. The zero-order chi connectivity index (χ0) is 16.5. The maximum atomic E-state index is 11.9. The summed E-state index contributed by atoms with van der Waals surface area (Å²) in [6.45, 7) is 8.12. The van der Waals surface area contributed by atoms with Gasteiger partial charge < -0.3 is 19.3 Å². The van der Waals surface area contributed by atoms with Crippen molar-refractivity contribution in [2.75, 3.05) is 7.11 Å². The third-order valence-electron chi connectivity index (χ3n) is 5.41. The molecule has 2 aliphatic heterocycles. The fourth-order valence-corrected chi connectivity index (χ4v) is 3.98. The van der Waals surface area contributed by atoms with Crippen molar-refractivity contribution in [2.45, 2.75) is 77.5 Å². The third-order valence-corrected chi connectivity index (χ3v) is 5.41. The normalized spacial score (nSPS) is 43.8. The molecule has 2 fully saturated rings. The second kappa shape index (κ2) is 6.85. The van der Waals surface area contributed by atoms with Crippen LogP contribution >= 0.6 is 0 Å². The molecule has 128 valence electrons. The van der Waals surface area contributed by atoms with Crippen molar-refractivity contribution >= 4 is 5.97 Å². The first-order valence-corrected chi connectivity index (χ1v) is 8.46. The van der Waals surface area contributed by atoms with Crippen molar-refractivity contribution in [1.29, 1.82) is 0 Å². The molecule has 2 heterocycles. The summed E-state index contributed by atoms with van der Waals surface area (Å²) in [7, 11) is 1.41. The van der Waals surface area contributed by atoms with Gasteiger partial charge in [-0.2, -0.15) is 0 Å². The first-order valence-electron chi connectivity index (χ1n) is 8.46. The standard InChI is InChI=1S/C17H30O5/c1-6-14-13(18)7-8-17(21-14)11(3)9-10(2)15(22-17)12(4)16(19)20-5/h10-15,18H,6-9H2,1-5H3/t10-,11+,12+,13-,14+,15-,17+/m0/s1. The highest BCUT2D eigenvalue weighted by molar-refractivity contribution is 5.72. The number of esters is 1. The number of hydrogen-bond donors (Lipinski definition) is 1. The van der Waals surface area contributed by atoms with E-state index >= 15 is 0 Å². The number of carbonyl (C=O) groups excluding carboxylic acids is 1. The van der Waals surface area contributed by atoms with Gasteiger partial charge in [-0.05, 0) is 32.1 Å². The van der Waals surface area contributed by atoms with Crippen LogP contribution in [-0.2, 0) is 19.0 Å². The minimum absolute atomic E-state index is 0.196. The fraction of sp³-hybridized carbons (Fsp3) is 0.941. The summed E-state index contributed by atoms with van der Waals surface area (Å²) in [4.78, 5) is 11.9. The number of rotatable bonds is 3. The van der Waals surface area contributed by atoms with Crippen LogP contribution in [0.15, 0.2) is 0 Å². The maximum absolute atomic E-state index is 11.9. The SMILES string of the molecule is CC[C@H]1O[C@]2(CC[C@@H]1O)O[C@H]([C@@H](C)C(=O)OC)[C@@H](C)C[C@H]2C. The Bertz CT molecular complexity index is 399. The lowest BCUT2D eigenvalue weighted by Crippen LogP contribution is -2.59. The topological polar surface area (TPSA) is 65.0 Å². The summed E-state index contributed by atoms with van der Waals surface area (Å²) in [5.74, 6) is -0.737. The lowest BCUT2D eigenvalue weighted by molar-refractivity contribution is -0.361. The monoisotopic (exact) mass is 314 g/mol. The zero-order valence-corrected chi connectivity index (χ0v) is 14.4. The minimum Gasteiger partial charge on any atom is -0.469 e. The van der Waals surface area contributed by atoms with E-state index in [0.29, 0.717) is 12.8 Å². The van der Waals surface area contributed by atoms with Gasteiger partial charge in [-0.3, -0.25) is 4.79 Å². The predicted octanol–water partition coefficient (Wildman–Crippen LogP) is 2.50. The molecule has 0 unspecified atom stereocenters. The van der Waals surface area contributed by atoms with Gasteiger partial charge in [0.05, 0.1) is 31.3 Å². The highest BCUT2D eigenvalue weighted by Gasteiger charge is 2.52. The smallest absolute Gasteiger partial charge is 0.311 e. The molecule has 2 saturated heterocycles. The summed E-state index contributed by atoms with van der Waals surface area (Å²) in [5, 5.41) is 10.1. The molecular weight excluding hydrogens is 284 g/mol. The number of aliphatic hydroxyl groups is 1. The molecule has 1 spiro atoms. The molecule has 1 N–H and O–H groups in total. The lowest BCUT2D eigenvalue weighted by Gasteiger charge is -2.53. The van der Waals surface area contributed by atoms with Crippen LogP contribution in [0.3, 0.4) is 0 Å². The second-order valence-corrected chi connectivity index (χ2v) is 6.99. The highest BCUT2D eigenvalue weighted by atomic mass is 16.7. The number of methoxy groups -OCH3 is 1. The summed E-state index contributed by atoms with van der Waals surface area (Å²) in [5.41, 5.74) is 0. The third kappa shape index (κ3) is 3.17. The Morgan fingerprint density at radius 1 is 1.41 bits per heavy atom. The summed E-state index contributed by atoms with van der Waals surface area (Å²) in [6.07, 6.45) is 2.21. The van der Waals surface area contributed by atoms with E-state index in [0.717, 1.165) is 12.8 Å². The first kappa shape index (κ1) is 17.7. The van der Waals surface area contributed by atoms with Crippen LogP contribution in [0.1, 0.15) is 53.4 Å². The minimum atomic E-state index is -0.681. The van der Waals surface area contributed by atoms with Gasteiger partial charge in [0.15, 0.2) is 5.79 Å². The van der Waals surface area contributed by atoms with E-state index < -0.39 is 11.9 Å². The van der Waals surface area contributed by atoms with Crippen molar-refractivity contribution in [3.8, 4) is 0 Å². The van der Waals surface area contributed by atoms with Crippen molar-refractivity contribution in [1.82, 2.24) is 0 Å². The van der Waals surface area contributed by atoms with Crippen LogP contribution in [-0.4, -0.2) is 42.3 Å².